The SMILES string of the molecule is CCOCCCNC(=NCc1ccc(OC)cc1)NCCCc1[nH]nc(N)c1C#N. The number of benzene rings is 1. The van der Waals surface area contributed by atoms with Crippen LogP contribution in [0.5, 0.6) is 5.75 Å². The van der Waals surface area contributed by atoms with Crippen molar-refractivity contribution in [1.82, 2.24) is 20.8 Å². The van der Waals surface area contributed by atoms with E-state index < -0.39 is 0 Å². The molecule has 1 aromatic carbocycles. The number of hydrogen-bond donors (Lipinski definition) is 4. The van der Waals surface area contributed by atoms with Crippen LogP contribution in [-0.4, -0.2) is 49.6 Å². The Kier molecular flexibility index (Phi) is 10.0. The van der Waals surface area contributed by atoms with Gasteiger partial charge in [-0.3, -0.25) is 5.10 Å². The first-order valence-electron chi connectivity index (χ1n) is 10.1. The number of nitrogen functional groups attached to an aromatic ring is 1. The third-order valence-electron chi connectivity index (χ3n) is 4.42. The maximum absolute atomic E-state index is 9.15. The van der Waals surface area contributed by atoms with E-state index in [2.05, 4.69) is 31.9 Å². The monoisotopic (exact) mass is 413 g/mol. The summed E-state index contributed by atoms with van der Waals surface area (Å²) in [6.45, 7) is 5.45. The number of ether oxygens (including phenoxy) is 2. The summed E-state index contributed by atoms with van der Waals surface area (Å²) in [7, 11) is 1.65. The number of aromatic nitrogens is 2. The van der Waals surface area contributed by atoms with Crippen LogP contribution in [0.25, 0.3) is 0 Å². The number of nitrogens with two attached hydrogens (primary N) is 1. The van der Waals surface area contributed by atoms with Crippen molar-refractivity contribution in [2.24, 2.45) is 4.99 Å². The third-order valence-corrected chi connectivity index (χ3v) is 4.42. The van der Waals surface area contributed by atoms with Gasteiger partial charge in [-0.15, -0.1) is 0 Å². The number of nitrogens with one attached hydrogen (secondary N) is 3. The molecule has 9 nitrogen and oxygen atoms in total. The first kappa shape index (κ1) is 23.0. The van der Waals surface area contributed by atoms with Crippen molar-refractivity contribution >= 4 is 11.8 Å². The molecule has 0 aliphatic carbocycles. The highest BCUT2D eigenvalue weighted by atomic mass is 16.5. The first-order chi connectivity index (χ1) is 14.7. The number of methoxy groups -OCH3 is 1. The number of nitriles is 1. The van der Waals surface area contributed by atoms with Crippen LogP contribution < -0.4 is 21.1 Å². The molecule has 0 aliphatic rings. The van der Waals surface area contributed by atoms with Crippen molar-refractivity contribution < 1.29 is 9.47 Å². The second-order valence-electron chi connectivity index (χ2n) is 6.59. The van der Waals surface area contributed by atoms with Gasteiger partial charge >= 0.3 is 0 Å². The molecule has 2 rings (SSSR count). The summed E-state index contributed by atoms with van der Waals surface area (Å²) in [5.74, 6) is 1.82. The van der Waals surface area contributed by atoms with Crippen LogP contribution >= 0.6 is 0 Å². The molecule has 30 heavy (non-hydrogen) atoms. The van der Waals surface area contributed by atoms with Crippen molar-refractivity contribution in [3.8, 4) is 11.8 Å². The van der Waals surface area contributed by atoms with Gasteiger partial charge < -0.3 is 25.8 Å². The number of H-pyrrole nitrogens is 1. The molecule has 0 radical (unpaired) electrons. The summed E-state index contributed by atoms with van der Waals surface area (Å²) in [5.41, 5.74) is 7.96. The summed E-state index contributed by atoms with van der Waals surface area (Å²) in [4.78, 5) is 4.67. The molecule has 1 aromatic heterocycles. The molecule has 0 saturated heterocycles. The second-order valence-corrected chi connectivity index (χ2v) is 6.59. The largest absolute Gasteiger partial charge is 0.497 e. The minimum atomic E-state index is 0.248. The Bertz CT molecular complexity index is 825. The topological polar surface area (TPSA) is 133 Å². The summed E-state index contributed by atoms with van der Waals surface area (Å²) in [6.07, 6.45) is 2.38. The molecule has 0 saturated carbocycles. The number of anilines is 1. The zero-order valence-electron chi connectivity index (χ0n) is 17.7. The van der Waals surface area contributed by atoms with E-state index in [0.717, 1.165) is 49.0 Å². The number of aliphatic imine (C=N–C) groups is 1. The first-order valence-corrected chi connectivity index (χ1v) is 10.1. The van der Waals surface area contributed by atoms with Crippen molar-refractivity contribution in [2.45, 2.75) is 32.7 Å². The van der Waals surface area contributed by atoms with Crippen LogP contribution in [0.2, 0.25) is 0 Å². The molecule has 2 aromatic rings. The lowest BCUT2D eigenvalue weighted by Crippen LogP contribution is -2.38. The van der Waals surface area contributed by atoms with E-state index in [1.54, 1.807) is 7.11 Å². The van der Waals surface area contributed by atoms with Gasteiger partial charge in [-0.25, -0.2) is 4.99 Å². The molecule has 0 spiro atoms. The lowest BCUT2D eigenvalue weighted by Gasteiger charge is -2.13. The van der Waals surface area contributed by atoms with Crippen LogP contribution in [0.1, 0.15) is 36.6 Å². The fraction of sp³-hybridized carbons (Fsp3) is 0.476. The van der Waals surface area contributed by atoms with Crippen molar-refractivity contribution in [2.75, 3.05) is 39.1 Å². The van der Waals surface area contributed by atoms with Gasteiger partial charge in [0.2, 0.25) is 0 Å². The van der Waals surface area contributed by atoms with E-state index in [4.69, 9.17) is 20.5 Å². The van der Waals surface area contributed by atoms with Gasteiger partial charge in [0.05, 0.1) is 19.3 Å². The standard InChI is InChI=1S/C21H31N7O2/c1-3-30-13-5-12-25-21(26-15-16-7-9-17(29-2)10-8-16)24-11-4-6-19-18(14-22)20(23)28-27-19/h7-10H,3-6,11-13,15H2,1-2H3,(H3,23,27,28)(H2,24,25,26). The van der Waals surface area contributed by atoms with Gasteiger partial charge in [-0.05, 0) is 43.9 Å². The number of rotatable bonds is 12. The van der Waals surface area contributed by atoms with Gasteiger partial charge in [-0.1, -0.05) is 12.1 Å². The average Bonchev–Trinajstić information content (AvgIpc) is 3.13. The van der Waals surface area contributed by atoms with Crippen molar-refractivity contribution in [3.63, 3.8) is 0 Å². The molecule has 0 amide bonds. The summed E-state index contributed by atoms with van der Waals surface area (Å²) >= 11 is 0. The number of hydrogen-bond acceptors (Lipinski definition) is 6. The maximum atomic E-state index is 9.15. The van der Waals surface area contributed by atoms with Crippen molar-refractivity contribution in [3.05, 3.63) is 41.1 Å². The predicted octanol–water partition coefficient (Wildman–Crippen LogP) is 1.97. The summed E-state index contributed by atoms with van der Waals surface area (Å²) in [5, 5.41) is 22.6. The minimum absolute atomic E-state index is 0.248. The highest BCUT2D eigenvalue weighted by molar-refractivity contribution is 5.79. The molecule has 0 fully saturated rings. The van der Waals surface area contributed by atoms with Crippen LogP contribution in [0.3, 0.4) is 0 Å². The van der Waals surface area contributed by atoms with E-state index in [0.29, 0.717) is 31.7 Å². The van der Waals surface area contributed by atoms with E-state index >= 15 is 0 Å². The van der Waals surface area contributed by atoms with E-state index in [1.165, 1.54) is 0 Å². The highest BCUT2D eigenvalue weighted by Crippen LogP contribution is 2.13. The van der Waals surface area contributed by atoms with Gasteiger partial charge in [0.1, 0.15) is 17.4 Å². The molecule has 162 valence electrons. The van der Waals surface area contributed by atoms with Gasteiger partial charge in [0, 0.05) is 26.3 Å². The van der Waals surface area contributed by atoms with E-state index in [-0.39, 0.29) is 5.82 Å². The molecule has 0 unspecified atom stereocenters. The fourth-order valence-corrected chi connectivity index (χ4v) is 2.77. The molecular formula is C21H31N7O2. The fourth-order valence-electron chi connectivity index (χ4n) is 2.77. The number of nitrogens with zero attached hydrogens (tertiary/aromatic N) is 3. The number of aryl methyl sites for hydroxylation is 1. The Labute approximate surface area is 177 Å². The summed E-state index contributed by atoms with van der Waals surface area (Å²) in [6, 6.07) is 9.94. The lowest BCUT2D eigenvalue weighted by atomic mass is 10.1. The Morgan fingerprint density at radius 2 is 1.97 bits per heavy atom. The van der Waals surface area contributed by atoms with Crippen LogP contribution in [0, 0.1) is 11.3 Å². The second kappa shape index (κ2) is 13.1. The van der Waals surface area contributed by atoms with Gasteiger partial charge in [0.25, 0.3) is 0 Å². The van der Waals surface area contributed by atoms with E-state index in [1.807, 2.05) is 31.2 Å². The number of aromatic amines is 1. The van der Waals surface area contributed by atoms with Crippen LogP contribution in [0.15, 0.2) is 29.3 Å². The Morgan fingerprint density at radius 1 is 1.23 bits per heavy atom. The molecule has 5 N–H and O–H groups in total. The smallest absolute Gasteiger partial charge is 0.191 e. The molecular weight excluding hydrogens is 382 g/mol. The van der Waals surface area contributed by atoms with Crippen LogP contribution in [-0.2, 0) is 17.7 Å². The van der Waals surface area contributed by atoms with Crippen molar-refractivity contribution in [1.29, 1.82) is 5.26 Å². The van der Waals surface area contributed by atoms with Gasteiger partial charge in [-0.2, -0.15) is 10.4 Å². The highest BCUT2D eigenvalue weighted by Gasteiger charge is 2.09. The van der Waals surface area contributed by atoms with Crippen LogP contribution in [0.4, 0.5) is 5.82 Å². The van der Waals surface area contributed by atoms with Gasteiger partial charge in [0.15, 0.2) is 11.8 Å². The zero-order valence-corrected chi connectivity index (χ0v) is 17.7. The Hall–Kier alpha value is -3.25. The summed E-state index contributed by atoms with van der Waals surface area (Å²) < 4.78 is 10.6. The molecule has 0 atom stereocenters. The quantitative estimate of drug-likeness (QED) is 0.237. The van der Waals surface area contributed by atoms with E-state index in [9.17, 15) is 0 Å². The predicted molar refractivity (Wildman–Crippen MR) is 117 cm³/mol. The molecule has 0 bridgehead atoms. The molecule has 0 aliphatic heterocycles. The Balaban J connectivity index is 1.86. The third kappa shape index (κ3) is 7.64. The Morgan fingerprint density at radius 3 is 2.63 bits per heavy atom. The molecule has 9 heteroatoms. The average molecular weight is 414 g/mol. The lowest BCUT2D eigenvalue weighted by molar-refractivity contribution is 0.145. The zero-order chi connectivity index (χ0) is 21.6. The molecule has 1 heterocycles. The number of guanidine groups is 1. The normalized spacial score (nSPS) is 11.2. The minimum Gasteiger partial charge on any atom is -0.497 e. The maximum Gasteiger partial charge on any atom is 0.191 e.